The van der Waals surface area contributed by atoms with E-state index >= 15 is 0 Å². The highest BCUT2D eigenvalue weighted by atomic mass is 16.1. The van der Waals surface area contributed by atoms with Crippen LogP contribution < -0.4 is 5.32 Å². The van der Waals surface area contributed by atoms with Gasteiger partial charge in [-0.05, 0) is 52.3 Å². The van der Waals surface area contributed by atoms with Gasteiger partial charge in [0.05, 0.1) is 0 Å². The third-order valence-corrected chi connectivity index (χ3v) is 4.74. The molecule has 0 saturated carbocycles. The quantitative estimate of drug-likeness (QED) is 0.836. The zero-order valence-electron chi connectivity index (χ0n) is 15.3. The summed E-state index contributed by atoms with van der Waals surface area (Å²) in [5.41, 5.74) is 2.55. The molecule has 0 saturated heterocycles. The fraction of sp³-hybridized carbons (Fsp3) is 0.632. The molecule has 3 heteroatoms. The molecule has 0 aliphatic heterocycles. The first-order chi connectivity index (χ1) is 10.0. The molecule has 1 aromatic carbocycles. The van der Waals surface area contributed by atoms with Crippen molar-refractivity contribution in [1.82, 2.24) is 10.2 Å². The number of nitrogens with one attached hydrogen (secondary N) is 1. The lowest BCUT2D eigenvalue weighted by Crippen LogP contribution is -2.48. The Bertz CT molecular complexity index is 487. The first kappa shape index (κ1) is 18.7. The van der Waals surface area contributed by atoms with Gasteiger partial charge in [0, 0.05) is 18.5 Å². The first-order valence-corrected chi connectivity index (χ1v) is 8.06. The van der Waals surface area contributed by atoms with Crippen LogP contribution in [0.1, 0.15) is 51.7 Å². The molecule has 1 N–H and O–H groups in total. The average molecular weight is 304 g/mol. The lowest BCUT2D eigenvalue weighted by molar-refractivity contribution is -0.121. The fourth-order valence-electron chi connectivity index (χ4n) is 2.14. The first-order valence-electron chi connectivity index (χ1n) is 8.06. The van der Waals surface area contributed by atoms with Crippen LogP contribution in [0.2, 0.25) is 0 Å². The van der Waals surface area contributed by atoms with Crippen molar-refractivity contribution in [1.29, 1.82) is 0 Å². The van der Waals surface area contributed by atoms with Crippen LogP contribution in [0.3, 0.4) is 0 Å². The maximum Gasteiger partial charge on any atom is 0.220 e. The van der Waals surface area contributed by atoms with Crippen molar-refractivity contribution >= 4 is 5.91 Å². The maximum atomic E-state index is 12.1. The van der Waals surface area contributed by atoms with Gasteiger partial charge in [-0.15, -0.1) is 0 Å². The number of carbonyl (C=O) groups is 1. The van der Waals surface area contributed by atoms with Crippen molar-refractivity contribution in [3.8, 4) is 0 Å². The van der Waals surface area contributed by atoms with Gasteiger partial charge in [0.15, 0.2) is 0 Å². The van der Waals surface area contributed by atoms with Gasteiger partial charge in [-0.25, -0.2) is 0 Å². The topological polar surface area (TPSA) is 32.3 Å². The Hall–Kier alpha value is -1.35. The molecule has 0 heterocycles. The summed E-state index contributed by atoms with van der Waals surface area (Å²) in [5, 5.41) is 3.06. The molecule has 3 nitrogen and oxygen atoms in total. The minimum Gasteiger partial charge on any atom is -0.354 e. The van der Waals surface area contributed by atoms with E-state index in [0.29, 0.717) is 13.0 Å². The second-order valence-corrected chi connectivity index (χ2v) is 7.73. The van der Waals surface area contributed by atoms with E-state index in [4.69, 9.17) is 0 Å². The molecule has 0 bridgehead atoms. The lowest BCUT2D eigenvalue weighted by atomic mass is 9.80. The van der Waals surface area contributed by atoms with Gasteiger partial charge in [0.2, 0.25) is 5.91 Å². The van der Waals surface area contributed by atoms with E-state index in [0.717, 1.165) is 6.42 Å². The van der Waals surface area contributed by atoms with E-state index < -0.39 is 0 Å². The summed E-state index contributed by atoms with van der Waals surface area (Å²) in [4.78, 5) is 14.2. The second-order valence-electron chi connectivity index (χ2n) is 7.73. The lowest BCUT2D eigenvalue weighted by Gasteiger charge is -2.33. The van der Waals surface area contributed by atoms with Crippen molar-refractivity contribution in [2.45, 2.75) is 58.4 Å². The molecule has 22 heavy (non-hydrogen) atoms. The summed E-state index contributed by atoms with van der Waals surface area (Å²) < 4.78 is 0. The summed E-state index contributed by atoms with van der Waals surface area (Å²) in [5.74, 6) is 0.134. The van der Waals surface area contributed by atoms with Crippen molar-refractivity contribution < 1.29 is 4.79 Å². The molecule has 0 aliphatic rings. The summed E-state index contributed by atoms with van der Waals surface area (Å²) in [7, 11) is 4.07. The summed E-state index contributed by atoms with van der Waals surface area (Å²) >= 11 is 0. The zero-order chi connectivity index (χ0) is 17.0. The zero-order valence-corrected chi connectivity index (χ0v) is 15.3. The Labute approximate surface area is 136 Å². The van der Waals surface area contributed by atoms with Gasteiger partial charge < -0.3 is 10.2 Å². The number of carbonyl (C=O) groups excluding carboxylic acids is 1. The Kier molecular flexibility index (Phi) is 6.18. The second kappa shape index (κ2) is 7.28. The van der Waals surface area contributed by atoms with Crippen molar-refractivity contribution in [3.63, 3.8) is 0 Å². The number of likely N-dealkylation sites (N-methyl/N-ethyl adjacent to an activating group) is 1. The van der Waals surface area contributed by atoms with Gasteiger partial charge >= 0.3 is 0 Å². The molecule has 0 spiro atoms. The van der Waals surface area contributed by atoms with E-state index in [1.807, 2.05) is 14.1 Å². The third kappa shape index (κ3) is 5.45. The van der Waals surface area contributed by atoms with E-state index in [2.05, 4.69) is 69.1 Å². The summed E-state index contributed by atoms with van der Waals surface area (Å²) in [6, 6.07) is 8.61. The van der Waals surface area contributed by atoms with Crippen LogP contribution in [-0.2, 0) is 10.2 Å². The number of amides is 1. The third-order valence-electron chi connectivity index (χ3n) is 4.74. The largest absolute Gasteiger partial charge is 0.354 e. The molecule has 1 amide bonds. The van der Waals surface area contributed by atoms with E-state index in [-0.39, 0.29) is 16.9 Å². The number of nitrogens with zero attached hydrogens (tertiary/aromatic N) is 1. The Morgan fingerprint density at radius 3 is 2.14 bits per heavy atom. The van der Waals surface area contributed by atoms with Crippen LogP contribution in [0, 0.1) is 6.92 Å². The molecule has 0 atom stereocenters. The van der Waals surface area contributed by atoms with Gasteiger partial charge in [-0.3, -0.25) is 4.79 Å². The average Bonchev–Trinajstić information content (AvgIpc) is 2.43. The van der Waals surface area contributed by atoms with Crippen LogP contribution >= 0.6 is 0 Å². The van der Waals surface area contributed by atoms with E-state index in [9.17, 15) is 4.79 Å². The number of benzene rings is 1. The molecular weight excluding hydrogens is 272 g/mol. The van der Waals surface area contributed by atoms with Crippen LogP contribution in [0.5, 0.6) is 0 Å². The molecule has 0 aliphatic carbocycles. The predicted molar refractivity (Wildman–Crippen MR) is 94.2 cm³/mol. The van der Waals surface area contributed by atoms with Crippen LogP contribution in [0.25, 0.3) is 0 Å². The maximum absolute atomic E-state index is 12.1. The molecule has 0 aromatic heterocycles. The van der Waals surface area contributed by atoms with E-state index in [1.54, 1.807) is 0 Å². The number of aryl methyl sites for hydroxylation is 1. The van der Waals surface area contributed by atoms with Gasteiger partial charge in [0.25, 0.3) is 0 Å². The van der Waals surface area contributed by atoms with Crippen molar-refractivity contribution in [2.24, 2.45) is 0 Å². The SMILES string of the molecule is Cc1ccc(C(C)(C)CCC(=O)NCC(C)(C)N(C)C)cc1. The number of hydrogen-bond donors (Lipinski definition) is 1. The van der Waals surface area contributed by atoms with E-state index in [1.165, 1.54) is 11.1 Å². The molecule has 124 valence electrons. The standard InChI is InChI=1S/C19H32N2O/c1-15-8-10-16(11-9-15)18(2,3)13-12-17(22)20-14-19(4,5)21(6)7/h8-11H,12-14H2,1-7H3,(H,20,22). The Morgan fingerprint density at radius 1 is 1.09 bits per heavy atom. The molecule has 0 unspecified atom stereocenters. The van der Waals surface area contributed by atoms with Gasteiger partial charge in [0.1, 0.15) is 0 Å². The molecule has 1 rings (SSSR count). The van der Waals surface area contributed by atoms with Crippen molar-refractivity contribution in [3.05, 3.63) is 35.4 Å². The monoisotopic (exact) mass is 304 g/mol. The van der Waals surface area contributed by atoms with Crippen LogP contribution in [0.4, 0.5) is 0 Å². The minimum absolute atomic E-state index is 0.0160. The van der Waals surface area contributed by atoms with Gasteiger partial charge in [-0.1, -0.05) is 43.7 Å². The highest BCUT2D eigenvalue weighted by Gasteiger charge is 2.24. The smallest absolute Gasteiger partial charge is 0.220 e. The predicted octanol–water partition coefficient (Wildman–Crippen LogP) is 3.51. The molecule has 1 aromatic rings. The van der Waals surface area contributed by atoms with Crippen LogP contribution in [-0.4, -0.2) is 37.0 Å². The molecule has 0 radical (unpaired) electrons. The Balaban J connectivity index is 2.51. The number of rotatable bonds is 7. The molecular formula is C19H32N2O. The highest BCUT2D eigenvalue weighted by Crippen LogP contribution is 2.28. The van der Waals surface area contributed by atoms with Gasteiger partial charge in [-0.2, -0.15) is 0 Å². The van der Waals surface area contributed by atoms with Crippen molar-refractivity contribution in [2.75, 3.05) is 20.6 Å². The minimum atomic E-state index is -0.0257. The molecule has 0 fully saturated rings. The number of hydrogen-bond acceptors (Lipinski definition) is 2. The highest BCUT2D eigenvalue weighted by molar-refractivity contribution is 5.76. The fourth-order valence-corrected chi connectivity index (χ4v) is 2.14. The summed E-state index contributed by atoms with van der Waals surface area (Å²) in [6.45, 7) is 11.4. The van der Waals surface area contributed by atoms with Crippen LogP contribution in [0.15, 0.2) is 24.3 Å². The Morgan fingerprint density at radius 2 is 1.64 bits per heavy atom. The normalized spacial score (nSPS) is 12.5. The summed E-state index contributed by atoms with van der Waals surface area (Å²) in [6.07, 6.45) is 1.41.